The first-order valence-electron chi connectivity index (χ1n) is 10.2. The molecule has 1 aliphatic heterocycles. The Bertz CT molecular complexity index is 1350. The molecule has 1 aliphatic rings. The van der Waals surface area contributed by atoms with E-state index < -0.39 is 17.7 Å². The number of carbonyl (C=O) groups excluding carboxylic acids is 2. The summed E-state index contributed by atoms with van der Waals surface area (Å²) in [5.74, 6) is -1.57. The van der Waals surface area contributed by atoms with Gasteiger partial charge in [-0.15, -0.1) is 0 Å². The van der Waals surface area contributed by atoms with Crippen LogP contribution in [0, 0.1) is 0 Å². The van der Waals surface area contributed by atoms with Crippen LogP contribution >= 0.6 is 0 Å². The number of hydrogen-bond donors (Lipinski definition) is 1. The van der Waals surface area contributed by atoms with Gasteiger partial charge in [0.05, 0.1) is 11.6 Å². The molecule has 0 bridgehead atoms. The number of rotatable bonds is 4. The van der Waals surface area contributed by atoms with Crippen LogP contribution in [0.3, 0.4) is 0 Å². The zero-order valence-electron chi connectivity index (χ0n) is 17.1. The van der Waals surface area contributed by atoms with Gasteiger partial charge < -0.3 is 10.0 Å². The number of pyridine rings is 2. The quantitative estimate of drug-likeness (QED) is 0.303. The van der Waals surface area contributed by atoms with Gasteiger partial charge in [-0.2, -0.15) is 0 Å². The number of nitrogens with zero attached hydrogens (tertiary/aromatic N) is 3. The van der Waals surface area contributed by atoms with Gasteiger partial charge in [-0.25, -0.2) is 0 Å². The van der Waals surface area contributed by atoms with Crippen LogP contribution < -0.4 is 0 Å². The zero-order valence-corrected chi connectivity index (χ0v) is 17.1. The maximum atomic E-state index is 13.2. The molecule has 6 nitrogen and oxygen atoms in total. The van der Waals surface area contributed by atoms with Gasteiger partial charge in [0, 0.05) is 36.9 Å². The second-order valence-corrected chi connectivity index (χ2v) is 7.60. The predicted molar refractivity (Wildman–Crippen MR) is 120 cm³/mol. The second kappa shape index (κ2) is 8.07. The van der Waals surface area contributed by atoms with Crippen LogP contribution in [0.15, 0.2) is 97.1 Å². The number of hydrogen-bond acceptors (Lipinski definition) is 5. The molecule has 1 unspecified atom stereocenters. The van der Waals surface area contributed by atoms with E-state index in [1.54, 1.807) is 49.1 Å². The van der Waals surface area contributed by atoms with E-state index in [4.69, 9.17) is 0 Å². The summed E-state index contributed by atoms with van der Waals surface area (Å²) >= 11 is 0. The first-order chi connectivity index (χ1) is 15.6. The van der Waals surface area contributed by atoms with E-state index >= 15 is 0 Å². The van der Waals surface area contributed by atoms with Crippen LogP contribution in [0.25, 0.3) is 16.5 Å². The lowest BCUT2D eigenvalue weighted by atomic mass is 9.94. The average molecular weight is 421 g/mol. The molecule has 2 aromatic carbocycles. The average Bonchev–Trinajstić information content (AvgIpc) is 3.09. The topological polar surface area (TPSA) is 83.4 Å². The highest BCUT2D eigenvalue weighted by Gasteiger charge is 2.46. The number of carbonyl (C=O) groups is 2. The number of likely N-dealkylation sites (tertiary alicyclic amines) is 1. The lowest BCUT2D eigenvalue weighted by molar-refractivity contribution is -0.140. The van der Waals surface area contributed by atoms with Gasteiger partial charge in [0.15, 0.2) is 0 Å². The lowest BCUT2D eigenvalue weighted by Crippen LogP contribution is -2.29. The van der Waals surface area contributed by atoms with Crippen LogP contribution in [0.1, 0.15) is 22.7 Å². The third-order valence-corrected chi connectivity index (χ3v) is 5.66. The van der Waals surface area contributed by atoms with Crippen molar-refractivity contribution >= 4 is 28.2 Å². The monoisotopic (exact) mass is 421 g/mol. The molecule has 1 N–H and O–H groups in total. The van der Waals surface area contributed by atoms with Crippen molar-refractivity contribution in [2.75, 3.05) is 0 Å². The first-order valence-corrected chi connectivity index (χ1v) is 10.2. The summed E-state index contributed by atoms with van der Waals surface area (Å²) in [6.45, 7) is 0.185. The Morgan fingerprint density at radius 3 is 2.38 bits per heavy atom. The molecule has 4 aromatic rings. The van der Waals surface area contributed by atoms with Crippen molar-refractivity contribution in [2.24, 2.45) is 0 Å². The normalized spacial score (nSPS) is 17.8. The van der Waals surface area contributed by atoms with Crippen molar-refractivity contribution in [3.8, 4) is 0 Å². The summed E-state index contributed by atoms with van der Waals surface area (Å²) < 4.78 is 0. The summed E-state index contributed by atoms with van der Waals surface area (Å²) in [6, 6.07) is 19.5. The Morgan fingerprint density at radius 2 is 1.62 bits per heavy atom. The molecule has 0 spiro atoms. The Morgan fingerprint density at radius 1 is 0.875 bits per heavy atom. The van der Waals surface area contributed by atoms with Crippen molar-refractivity contribution in [2.45, 2.75) is 12.6 Å². The molecule has 1 amide bonds. The standard InChI is InChI=1S/C26H19N3O3/c30-24(21-11-3-8-18-7-1-2-10-20(18)21)22-23(19-9-5-13-28-15-19)29(26(32)25(22)31)16-17-6-4-12-27-14-17/h1-15,23,30H,16H2/b24-22-. The van der Waals surface area contributed by atoms with Gasteiger partial charge in [-0.1, -0.05) is 54.6 Å². The molecular weight excluding hydrogens is 402 g/mol. The summed E-state index contributed by atoms with van der Waals surface area (Å²) in [5.41, 5.74) is 2.01. The zero-order chi connectivity index (χ0) is 22.1. The fourth-order valence-corrected chi connectivity index (χ4v) is 4.19. The molecule has 1 atom stereocenters. The molecule has 1 saturated heterocycles. The number of aliphatic hydroxyl groups excluding tert-OH is 1. The number of amides is 1. The first kappa shape index (κ1) is 19.6. The third-order valence-electron chi connectivity index (χ3n) is 5.66. The Kier molecular flexibility index (Phi) is 4.95. The molecule has 0 radical (unpaired) electrons. The van der Waals surface area contributed by atoms with Crippen LogP contribution in [0.5, 0.6) is 0 Å². The Labute approximate surface area is 184 Å². The van der Waals surface area contributed by atoms with Crippen molar-refractivity contribution in [1.82, 2.24) is 14.9 Å². The van der Waals surface area contributed by atoms with Gasteiger partial charge in [0.2, 0.25) is 0 Å². The van der Waals surface area contributed by atoms with E-state index in [1.807, 2.05) is 42.5 Å². The highest BCUT2D eigenvalue weighted by Crippen LogP contribution is 2.40. The van der Waals surface area contributed by atoms with Crippen LogP contribution in [-0.4, -0.2) is 31.7 Å². The van der Waals surface area contributed by atoms with Crippen molar-refractivity contribution in [3.05, 3.63) is 114 Å². The molecule has 0 saturated carbocycles. The predicted octanol–water partition coefficient (Wildman–Crippen LogP) is 4.25. The van der Waals surface area contributed by atoms with Gasteiger partial charge in [0.25, 0.3) is 11.7 Å². The summed E-state index contributed by atoms with van der Waals surface area (Å²) in [6.07, 6.45) is 6.55. The molecule has 3 heterocycles. The van der Waals surface area contributed by atoms with E-state index in [0.29, 0.717) is 11.1 Å². The molecule has 5 rings (SSSR count). The smallest absolute Gasteiger partial charge is 0.295 e. The van der Waals surface area contributed by atoms with E-state index in [0.717, 1.165) is 16.3 Å². The van der Waals surface area contributed by atoms with Crippen LogP contribution in [-0.2, 0) is 16.1 Å². The Hall–Kier alpha value is -4.32. The van der Waals surface area contributed by atoms with Gasteiger partial charge in [0.1, 0.15) is 5.76 Å². The van der Waals surface area contributed by atoms with E-state index in [2.05, 4.69) is 9.97 Å². The minimum atomic E-state index is -0.761. The van der Waals surface area contributed by atoms with Crippen LogP contribution in [0.4, 0.5) is 0 Å². The minimum Gasteiger partial charge on any atom is -0.507 e. The van der Waals surface area contributed by atoms with Crippen LogP contribution in [0.2, 0.25) is 0 Å². The second-order valence-electron chi connectivity index (χ2n) is 7.60. The van der Waals surface area contributed by atoms with Gasteiger partial charge in [-0.3, -0.25) is 19.6 Å². The van der Waals surface area contributed by atoms with Crippen molar-refractivity contribution in [1.29, 1.82) is 0 Å². The molecule has 32 heavy (non-hydrogen) atoms. The van der Waals surface area contributed by atoms with Gasteiger partial charge in [-0.05, 0) is 34.0 Å². The fourth-order valence-electron chi connectivity index (χ4n) is 4.19. The van der Waals surface area contributed by atoms with E-state index in [-0.39, 0.29) is 17.9 Å². The van der Waals surface area contributed by atoms with Gasteiger partial charge >= 0.3 is 0 Å². The number of aromatic nitrogens is 2. The van der Waals surface area contributed by atoms with Crippen molar-refractivity contribution in [3.63, 3.8) is 0 Å². The largest absolute Gasteiger partial charge is 0.507 e. The van der Waals surface area contributed by atoms with E-state index in [1.165, 1.54) is 4.90 Å². The maximum absolute atomic E-state index is 13.2. The number of Topliss-reactive ketones (excluding diaryl/α,β-unsaturated/α-hetero) is 1. The molecule has 2 aromatic heterocycles. The number of benzene rings is 2. The molecule has 156 valence electrons. The van der Waals surface area contributed by atoms with Crippen molar-refractivity contribution < 1.29 is 14.7 Å². The molecular formula is C26H19N3O3. The fraction of sp³-hybridized carbons (Fsp3) is 0.0769. The number of fused-ring (bicyclic) bond motifs is 1. The van der Waals surface area contributed by atoms with E-state index in [9.17, 15) is 14.7 Å². The maximum Gasteiger partial charge on any atom is 0.295 e. The number of ketones is 1. The highest BCUT2D eigenvalue weighted by atomic mass is 16.3. The molecule has 6 heteroatoms. The number of aliphatic hydroxyl groups is 1. The third kappa shape index (κ3) is 3.32. The summed E-state index contributed by atoms with van der Waals surface area (Å²) in [5, 5.41) is 13.1. The highest BCUT2D eigenvalue weighted by molar-refractivity contribution is 6.46. The molecule has 0 aliphatic carbocycles. The summed E-state index contributed by atoms with van der Waals surface area (Å²) in [4.78, 5) is 36.0. The minimum absolute atomic E-state index is 0.0586. The summed E-state index contributed by atoms with van der Waals surface area (Å²) in [7, 11) is 0. The molecule has 1 fully saturated rings. The lowest BCUT2D eigenvalue weighted by Gasteiger charge is -2.25. The SMILES string of the molecule is O=C1C(=O)N(Cc2cccnc2)C(c2cccnc2)/C1=C(/O)c1cccc2ccccc12. The Balaban J connectivity index is 1.70.